The van der Waals surface area contributed by atoms with E-state index in [0.717, 1.165) is 25.1 Å². The first-order valence-electron chi connectivity index (χ1n) is 5.84. The van der Waals surface area contributed by atoms with Crippen LogP contribution in [0.25, 0.3) is 0 Å². The third-order valence-corrected chi connectivity index (χ3v) is 3.30. The standard InChI is InChI=1S/C13H19NO2/c1-3-14-11(6-7-15)8-10-9-12(16-2)4-5-13(10)14/h4-5,9,11,15H,3,6-8H2,1-2H3. The van der Waals surface area contributed by atoms with Crippen molar-refractivity contribution in [2.45, 2.75) is 25.8 Å². The number of aliphatic hydroxyl groups excluding tert-OH is 1. The van der Waals surface area contributed by atoms with Crippen LogP contribution in [0.2, 0.25) is 0 Å². The number of aliphatic hydroxyl groups is 1. The molecule has 0 amide bonds. The van der Waals surface area contributed by atoms with Crippen molar-refractivity contribution in [3.63, 3.8) is 0 Å². The SMILES string of the molecule is CCN1c2ccc(OC)cc2CC1CCO. The summed E-state index contributed by atoms with van der Waals surface area (Å²) < 4.78 is 5.24. The second-order valence-electron chi connectivity index (χ2n) is 4.15. The molecule has 1 heterocycles. The molecule has 0 aliphatic carbocycles. The number of anilines is 1. The minimum Gasteiger partial charge on any atom is -0.497 e. The Bertz CT molecular complexity index is 365. The Morgan fingerprint density at radius 1 is 1.50 bits per heavy atom. The van der Waals surface area contributed by atoms with Crippen LogP contribution in [0.3, 0.4) is 0 Å². The van der Waals surface area contributed by atoms with Crippen molar-refractivity contribution >= 4 is 5.69 Å². The zero-order valence-electron chi connectivity index (χ0n) is 9.94. The summed E-state index contributed by atoms with van der Waals surface area (Å²) in [6.07, 6.45) is 1.85. The first kappa shape index (κ1) is 11.3. The van der Waals surface area contributed by atoms with Gasteiger partial charge in [0, 0.05) is 24.9 Å². The monoisotopic (exact) mass is 221 g/mol. The van der Waals surface area contributed by atoms with E-state index in [-0.39, 0.29) is 6.61 Å². The lowest BCUT2D eigenvalue weighted by Crippen LogP contribution is -2.32. The third-order valence-electron chi connectivity index (χ3n) is 3.30. The number of nitrogens with zero attached hydrogens (tertiary/aromatic N) is 1. The molecule has 1 atom stereocenters. The van der Waals surface area contributed by atoms with Gasteiger partial charge in [0.15, 0.2) is 0 Å². The lowest BCUT2D eigenvalue weighted by molar-refractivity contribution is 0.274. The molecule has 1 unspecified atom stereocenters. The highest BCUT2D eigenvalue weighted by molar-refractivity contribution is 5.61. The average Bonchev–Trinajstić information content (AvgIpc) is 2.65. The van der Waals surface area contributed by atoms with E-state index in [4.69, 9.17) is 9.84 Å². The molecule has 2 rings (SSSR count). The van der Waals surface area contributed by atoms with Gasteiger partial charge in [0.1, 0.15) is 5.75 Å². The zero-order chi connectivity index (χ0) is 11.5. The fraction of sp³-hybridized carbons (Fsp3) is 0.538. The average molecular weight is 221 g/mol. The summed E-state index contributed by atoms with van der Waals surface area (Å²) in [7, 11) is 1.69. The molecule has 1 aromatic rings. The van der Waals surface area contributed by atoms with Gasteiger partial charge in [0.25, 0.3) is 0 Å². The van der Waals surface area contributed by atoms with Crippen LogP contribution in [0.4, 0.5) is 5.69 Å². The van der Waals surface area contributed by atoms with E-state index >= 15 is 0 Å². The molecule has 0 bridgehead atoms. The van der Waals surface area contributed by atoms with Crippen LogP contribution in [-0.4, -0.2) is 31.4 Å². The largest absolute Gasteiger partial charge is 0.497 e. The van der Waals surface area contributed by atoms with Gasteiger partial charge in [-0.15, -0.1) is 0 Å². The number of likely N-dealkylation sites (N-methyl/N-ethyl adjacent to an activating group) is 1. The molecule has 16 heavy (non-hydrogen) atoms. The Kier molecular flexibility index (Phi) is 3.34. The normalized spacial score (nSPS) is 18.7. The minimum absolute atomic E-state index is 0.256. The molecule has 1 aromatic carbocycles. The summed E-state index contributed by atoms with van der Waals surface area (Å²) in [6, 6.07) is 6.67. The molecule has 0 aromatic heterocycles. The van der Waals surface area contributed by atoms with Gasteiger partial charge in [-0.3, -0.25) is 0 Å². The molecule has 0 saturated heterocycles. The first-order chi connectivity index (χ1) is 7.80. The Morgan fingerprint density at radius 2 is 2.31 bits per heavy atom. The Hall–Kier alpha value is -1.22. The van der Waals surface area contributed by atoms with Gasteiger partial charge >= 0.3 is 0 Å². The quantitative estimate of drug-likeness (QED) is 0.842. The molecule has 3 nitrogen and oxygen atoms in total. The van der Waals surface area contributed by atoms with Crippen LogP contribution in [0.15, 0.2) is 18.2 Å². The van der Waals surface area contributed by atoms with Crippen LogP contribution in [0.1, 0.15) is 18.9 Å². The van der Waals surface area contributed by atoms with Gasteiger partial charge in [-0.1, -0.05) is 0 Å². The second-order valence-corrected chi connectivity index (χ2v) is 4.15. The van der Waals surface area contributed by atoms with Gasteiger partial charge in [0.05, 0.1) is 7.11 Å². The van der Waals surface area contributed by atoms with Gasteiger partial charge in [0.2, 0.25) is 0 Å². The predicted molar refractivity (Wildman–Crippen MR) is 65.2 cm³/mol. The van der Waals surface area contributed by atoms with Gasteiger partial charge in [-0.05, 0) is 43.5 Å². The number of hydrogen-bond donors (Lipinski definition) is 1. The van der Waals surface area contributed by atoms with Gasteiger partial charge in [-0.25, -0.2) is 0 Å². The zero-order valence-corrected chi connectivity index (χ0v) is 9.94. The summed E-state index contributed by atoms with van der Waals surface area (Å²) in [5, 5.41) is 9.07. The second kappa shape index (κ2) is 4.74. The summed E-state index contributed by atoms with van der Waals surface area (Å²) >= 11 is 0. The van der Waals surface area contributed by atoms with E-state index in [9.17, 15) is 0 Å². The summed E-state index contributed by atoms with van der Waals surface area (Å²) in [5.41, 5.74) is 2.63. The highest BCUT2D eigenvalue weighted by Gasteiger charge is 2.27. The van der Waals surface area contributed by atoms with Crippen molar-refractivity contribution in [3.8, 4) is 5.75 Å². The van der Waals surface area contributed by atoms with E-state index in [1.807, 2.05) is 6.07 Å². The fourth-order valence-electron chi connectivity index (χ4n) is 2.53. The number of benzene rings is 1. The fourth-order valence-corrected chi connectivity index (χ4v) is 2.53. The highest BCUT2D eigenvalue weighted by atomic mass is 16.5. The Morgan fingerprint density at radius 3 is 2.94 bits per heavy atom. The highest BCUT2D eigenvalue weighted by Crippen LogP contribution is 2.35. The van der Waals surface area contributed by atoms with Gasteiger partial charge < -0.3 is 14.7 Å². The van der Waals surface area contributed by atoms with E-state index in [0.29, 0.717) is 6.04 Å². The lowest BCUT2D eigenvalue weighted by Gasteiger charge is -2.25. The minimum atomic E-state index is 0.256. The van der Waals surface area contributed by atoms with Crippen LogP contribution < -0.4 is 9.64 Å². The van der Waals surface area contributed by atoms with Crippen LogP contribution in [-0.2, 0) is 6.42 Å². The molecule has 3 heteroatoms. The predicted octanol–water partition coefficient (Wildman–Crippen LogP) is 1.83. The topological polar surface area (TPSA) is 32.7 Å². The maximum Gasteiger partial charge on any atom is 0.119 e. The molecule has 1 aliphatic rings. The van der Waals surface area contributed by atoms with E-state index < -0.39 is 0 Å². The van der Waals surface area contributed by atoms with Crippen molar-refractivity contribution in [1.82, 2.24) is 0 Å². The summed E-state index contributed by atoms with van der Waals surface area (Å²) in [4.78, 5) is 2.37. The van der Waals surface area contributed by atoms with Gasteiger partial charge in [-0.2, -0.15) is 0 Å². The third kappa shape index (κ3) is 1.87. The maximum absolute atomic E-state index is 9.07. The molecular formula is C13H19NO2. The summed E-state index contributed by atoms with van der Waals surface area (Å²) in [6.45, 7) is 3.40. The van der Waals surface area contributed by atoms with E-state index in [1.165, 1.54) is 11.3 Å². The van der Waals surface area contributed by atoms with Crippen LogP contribution in [0.5, 0.6) is 5.75 Å². The molecular weight excluding hydrogens is 202 g/mol. The first-order valence-corrected chi connectivity index (χ1v) is 5.84. The molecule has 1 aliphatic heterocycles. The Labute approximate surface area is 96.6 Å². The molecule has 0 radical (unpaired) electrons. The van der Waals surface area contributed by atoms with Crippen molar-refractivity contribution < 1.29 is 9.84 Å². The Balaban J connectivity index is 2.27. The maximum atomic E-state index is 9.07. The van der Waals surface area contributed by atoms with E-state index in [1.54, 1.807) is 7.11 Å². The summed E-state index contributed by atoms with van der Waals surface area (Å²) in [5.74, 6) is 0.916. The number of fused-ring (bicyclic) bond motifs is 1. The molecule has 0 spiro atoms. The van der Waals surface area contributed by atoms with Crippen LogP contribution in [0, 0.1) is 0 Å². The van der Waals surface area contributed by atoms with E-state index in [2.05, 4.69) is 24.0 Å². The molecule has 1 N–H and O–H groups in total. The van der Waals surface area contributed by atoms with Crippen molar-refractivity contribution in [1.29, 1.82) is 0 Å². The van der Waals surface area contributed by atoms with Crippen LogP contribution >= 0.6 is 0 Å². The number of hydrogen-bond acceptors (Lipinski definition) is 3. The van der Waals surface area contributed by atoms with Crippen molar-refractivity contribution in [3.05, 3.63) is 23.8 Å². The smallest absolute Gasteiger partial charge is 0.119 e. The number of ether oxygens (including phenoxy) is 1. The molecule has 88 valence electrons. The molecule has 0 saturated carbocycles. The lowest BCUT2D eigenvalue weighted by atomic mass is 10.1. The number of rotatable bonds is 4. The number of methoxy groups -OCH3 is 1. The molecule has 0 fully saturated rings. The van der Waals surface area contributed by atoms with Crippen molar-refractivity contribution in [2.75, 3.05) is 25.2 Å². The van der Waals surface area contributed by atoms with Crippen molar-refractivity contribution in [2.24, 2.45) is 0 Å².